The van der Waals surface area contributed by atoms with Gasteiger partial charge < -0.3 is 29.2 Å². The van der Waals surface area contributed by atoms with Crippen molar-refractivity contribution in [3.63, 3.8) is 0 Å². The zero-order valence-corrected chi connectivity index (χ0v) is 20.6. The lowest BCUT2D eigenvalue weighted by Gasteiger charge is -2.32. The molecule has 1 fully saturated rings. The summed E-state index contributed by atoms with van der Waals surface area (Å²) in [7, 11) is 4.71. The number of ether oxygens (including phenoxy) is 4. The van der Waals surface area contributed by atoms with Gasteiger partial charge in [-0.15, -0.1) is 0 Å². The highest BCUT2D eigenvalue weighted by Crippen LogP contribution is 2.31. The summed E-state index contributed by atoms with van der Waals surface area (Å²) < 4.78 is 21.5. The fourth-order valence-corrected chi connectivity index (χ4v) is 4.10. The Kier molecular flexibility index (Phi) is 8.62. The number of methoxy groups -OCH3 is 3. The van der Waals surface area contributed by atoms with Crippen molar-refractivity contribution in [3.8, 4) is 23.0 Å². The molecule has 34 heavy (non-hydrogen) atoms. The van der Waals surface area contributed by atoms with Gasteiger partial charge in [-0.3, -0.25) is 9.59 Å². The second-order valence-electron chi connectivity index (χ2n) is 8.24. The van der Waals surface area contributed by atoms with Gasteiger partial charge in [-0.25, -0.2) is 0 Å². The molecule has 1 heterocycles. The molecule has 1 unspecified atom stereocenters. The van der Waals surface area contributed by atoms with Gasteiger partial charge in [0.25, 0.3) is 5.91 Å². The van der Waals surface area contributed by atoms with Gasteiger partial charge in [0.15, 0.2) is 11.5 Å². The van der Waals surface area contributed by atoms with Crippen LogP contribution in [0.3, 0.4) is 0 Å². The summed E-state index contributed by atoms with van der Waals surface area (Å²) in [5.74, 6) is 2.21. The van der Waals surface area contributed by atoms with Crippen molar-refractivity contribution in [2.24, 2.45) is 5.92 Å². The van der Waals surface area contributed by atoms with E-state index in [1.165, 1.54) is 0 Å². The molecule has 3 rings (SSSR count). The predicted octanol–water partition coefficient (Wildman–Crippen LogP) is 3.84. The summed E-state index contributed by atoms with van der Waals surface area (Å²) in [4.78, 5) is 27.7. The van der Waals surface area contributed by atoms with Crippen molar-refractivity contribution in [1.29, 1.82) is 0 Å². The number of likely N-dealkylation sites (tertiary alicyclic amines) is 1. The third-order valence-corrected chi connectivity index (χ3v) is 6.10. The minimum Gasteiger partial charge on any atom is -0.497 e. The van der Waals surface area contributed by atoms with Gasteiger partial charge in [-0.2, -0.15) is 0 Å². The third kappa shape index (κ3) is 5.92. The summed E-state index contributed by atoms with van der Waals surface area (Å²) in [6.07, 6.45) is 1.22. The highest BCUT2D eigenvalue weighted by molar-refractivity contribution is 5.95. The van der Waals surface area contributed by atoms with Gasteiger partial charge in [0.2, 0.25) is 5.91 Å². The molecule has 0 aromatic heterocycles. The Morgan fingerprint density at radius 2 is 1.62 bits per heavy atom. The summed E-state index contributed by atoms with van der Waals surface area (Å²) in [6, 6.07) is 10.6. The Hall–Kier alpha value is -3.42. The van der Waals surface area contributed by atoms with E-state index in [1.807, 2.05) is 32.0 Å². The Morgan fingerprint density at radius 3 is 2.18 bits per heavy atom. The Balaban J connectivity index is 1.58. The quantitative estimate of drug-likeness (QED) is 0.599. The van der Waals surface area contributed by atoms with Crippen LogP contribution >= 0.6 is 0 Å². The van der Waals surface area contributed by atoms with E-state index in [2.05, 4.69) is 5.32 Å². The maximum Gasteiger partial charge on any atom is 0.254 e. The highest BCUT2D eigenvalue weighted by Gasteiger charge is 2.29. The average Bonchev–Trinajstić information content (AvgIpc) is 2.88. The van der Waals surface area contributed by atoms with E-state index in [0.717, 1.165) is 5.56 Å². The molecule has 2 aromatic carbocycles. The molecule has 8 heteroatoms. The van der Waals surface area contributed by atoms with Crippen LogP contribution < -0.4 is 24.3 Å². The van der Waals surface area contributed by atoms with Crippen LogP contribution in [0.4, 0.5) is 0 Å². The number of hydrogen-bond donors (Lipinski definition) is 1. The summed E-state index contributed by atoms with van der Waals surface area (Å²) in [5.41, 5.74) is 1.45. The van der Waals surface area contributed by atoms with Gasteiger partial charge in [-0.05, 0) is 56.5 Å². The first-order valence-electron chi connectivity index (χ1n) is 11.5. The molecule has 1 saturated heterocycles. The van der Waals surface area contributed by atoms with Crippen LogP contribution in [0.2, 0.25) is 0 Å². The Morgan fingerprint density at radius 1 is 0.971 bits per heavy atom. The zero-order valence-electron chi connectivity index (χ0n) is 20.6. The van der Waals surface area contributed by atoms with Crippen LogP contribution in [-0.2, 0) is 4.79 Å². The van der Waals surface area contributed by atoms with Gasteiger partial charge in [0, 0.05) is 30.6 Å². The molecule has 1 aliphatic rings. The standard InChI is InChI=1S/C26H34N2O6/c1-6-34-23-8-7-19(15-24(23)33-5)17(2)27-25(29)18-9-11-28(12-10-18)26(30)20-13-21(31-3)16-22(14-20)32-4/h7-8,13-18H,6,9-12H2,1-5H3,(H,27,29). The number of amides is 2. The first-order chi connectivity index (χ1) is 16.4. The Labute approximate surface area is 201 Å². The topological polar surface area (TPSA) is 86.3 Å². The van der Waals surface area contributed by atoms with Crippen LogP contribution in [0.25, 0.3) is 0 Å². The predicted molar refractivity (Wildman–Crippen MR) is 129 cm³/mol. The molecule has 0 saturated carbocycles. The molecule has 184 valence electrons. The minimum atomic E-state index is -0.180. The third-order valence-electron chi connectivity index (χ3n) is 6.10. The van der Waals surface area contributed by atoms with Crippen LogP contribution in [0.15, 0.2) is 36.4 Å². The molecule has 0 radical (unpaired) electrons. The van der Waals surface area contributed by atoms with Gasteiger partial charge in [0.05, 0.1) is 34.0 Å². The summed E-state index contributed by atoms with van der Waals surface area (Å²) >= 11 is 0. The van der Waals surface area contributed by atoms with Crippen LogP contribution in [-0.4, -0.2) is 57.7 Å². The van der Waals surface area contributed by atoms with E-state index in [1.54, 1.807) is 44.4 Å². The Bertz CT molecular complexity index is 979. The lowest BCUT2D eigenvalue weighted by molar-refractivity contribution is -0.127. The largest absolute Gasteiger partial charge is 0.497 e. The van der Waals surface area contributed by atoms with E-state index in [-0.39, 0.29) is 23.8 Å². The van der Waals surface area contributed by atoms with Crippen molar-refractivity contribution in [3.05, 3.63) is 47.5 Å². The van der Waals surface area contributed by atoms with Crippen molar-refractivity contribution < 1.29 is 28.5 Å². The number of nitrogens with one attached hydrogen (secondary N) is 1. The van der Waals surface area contributed by atoms with Crippen LogP contribution in [0.5, 0.6) is 23.0 Å². The SMILES string of the molecule is CCOc1ccc(C(C)NC(=O)C2CCN(C(=O)c3cc(OC)cc(OC)c3)CC2)cc1OC. The van der Waals surface area contributed by atoms with Crippen molar-refractivity contribution in [2.45, 2.75) is 32.7 Å². The van der Waals surface area contributed by atoms with Gasteiger partial charge >= 0.3 is 0 Å². The number of carbonyl (C=O) groups is 2. The van der Waals surface area contributed by atoms with Gasteiger partial charge in [0.1, 0.15) is 11.5 Å². The number of nitrogens with zero attached hydrogens (tertiary/aromatic N) is 1. The fourth-order valence-electron chi connectivity index (χ4n) is 4.10. The maximum absolute atomic E-state index is 13.0. The molecular formula is C26H34N2O6. The monoisotopic (exact) mass is 470 g/mol. The van der Waals surface area contributed by atoms with Crippen LogP contribution in [0.1, 0.15) is 48.7 Å². The maximum atomic E-state index is 13.0. The molecule has 1 aliphatic heterocycles. The normalized spacial score (nSPS) is 14.8. The average molecular weight is 471 g/mol. The van der Waals surface area contributed by atoms with E-state index in [9.17, 15) is 9.59 Å². The molecule has 8 nitrogen and oxygen atoms in total. The van der Waals surface area contributed by atoms with E-state index in [0.29, 0.717) is 61.1 Å². The van der Waals surface area contributed by atoms with E-state index in [4.69, 9.17) is 18.9 Å². The number of benzene rings is 2. The molecule has 0 spiro atoms. The highest BCUT2D eigenvalue weighted by atomic mass is 16.5. The first kappa shape index (κ1) is 25.2. The molecule has 2 aromatic rings. The van der Waals surface area contributed by atoms with Crippen molar-refractivity contribution >= 4 is 11.8 Å². The van der Waals surface area contributed by atoms with Gasteiger partial charge in [-0.1, -0.05) is 6.07 Å². The van der Waals surface area contributed by atoms with E-state index >= 15 is 0 Å². The number of rotatable bonds is 9. The summed E-state index contributed by atoms with van der Waals surface area (Å²) in [5, 5.41) is 3.10. The van der Waals surface area contributed by atoms with Crippen molar-refractivity contribution in [2.75, 3.05) is 41.0 Å². The molecule has 0 bridgehead atoms. The number of piperidine rings is 1. The molecule has 0 aliphatic carbocycles. The second kappa shape index (κ2) is 11.6. The lowest BCUT2D eigenvalue weighted by atomic mass is 9.94. The molecule has 2 amide bonds. The zero-order chi connectivity index (χ0) is 24.7. The number of hydrogen-bond acceptors (Lipinski definition) is 6. The smallest absolute Gasteiger partial charge is 0.254 e. The van der Waals surface area contributed by atoms with Crippen molar-refractivity contribution in [1.82, 2.24) is 10.2 Å². The number of carbonyl (C=O) groups excluding carboxylic acids is 2. The molecular weight excluding hydrogens is 436 g/mol. The second-order valence-corrected chi connectivity index (χ2v) is 8.24. The van der Waals surface area contributed by atoms with E-state index < -0.39 is 0 Å². The van der Waals surface area contributed by atoms with Crippen LogP contribution in [0, 0.1) is 5.92 Å². The molecule has 1 N–H and O–H groups in total. The first-order valence-corrected chi connectivity index (χ1v) is 11.5. The summed E-state index contributed by atoms with van der Waals surface area (Å²) in [6.45, 7) is 5.45. The lowest BCUT2D eigenvalue weighted by Crippen LogP contribution is -2.43. The molecule has 1 atom stereocenters. The fraction of sp³-hybridized carbons (Fsp3) is 0.462. The minimum absolute atomic E-state index is 0.00417.